The van der Waals surface area contributed by atoms with Crippen molar-refractivity contribution < 1.29 is 9.59 Å². The minimum absolute atomic E-state index is 0.139. The van der Waals surface area contributed by atoms with Gasteiger partial charge in [-0.3, -0.25) is 9.59 Å². The molecule has 0 spiro atoms. The van der Waals surface area contributed by atoms with Crippen molar-refractivity contribution in [1.29, 1.82) is 0 Å². The van der Waals surface area contributed by atoms with Crippen molar-refractivity contribution in [2.24, 2.45) is 5.41 Å². The van der Waals surface area contributed by atoms with E-state index < -0.39 is 0 Å². The van der Waals surface area contributed by atoms with Crippen LogP contribution in [0.5, 0.6) is 0 Å². The van der Waals surface area contributed by atoms with Crippen LogP contribution in [-0.4, -0.2) is 11.6 Å². The summed E-state index contributed by atoms with van der Waals surface area (Å²) in [6.07, 6.45) is 5.24. The molecular weight excluding hydrogens is 176 g/mol. The van der Waals surface area contributed by atoms with Crippen LogP contribution in [0.25, 0.3) is 0 Å². The highest BCUT2D eigenvalue weighted by atomic mass is 16.1. The zero-order valence-corrected chi connectivity index (χ0v) is 9.85. The van der Waals surface area contributed by atoms with Crippen molar-refractivity contribution in [2.45, 2.75) is 59.8 Å². The van der Waals surface area contributed by atoms with E-state index in [1.807, 2.05) is 20.8 Å². The van der Waals surface area contributed by atoms with Gasteiger partial charge in [0.15, 0.2) is 0 Å². The number of hydrogen-bond donors (Lipinski definition) is 0. The van der Waals surface area contributed by atoms with Gasteiger partial charge in [0, 0.05) is 18.3 Å². The average molecular weight is 198 g/mol. The number of rotatable bonds is 0. The quantitative estimate of drug-likeness (QED) is 0.599. The molecule has 0 amide bonds. The number of carbonyl (C=O) groups is 2. The summed E-state index contributed by atoms with van der Waals surface area (Å²) < 4.78 is 0. The van der Waals surface area contributed by atoms with E-state index in [-0.39, 0.29) is 11.2 Å². The molecule has 0 aromatic rings. The van der Waals surface area contributed by atoms with Crippen molar-refractivity contribution in [1.82, 2.24) is 0 Å². The van der Waals surface area contributed by atoms with Crippen LogP contribution in [0, 0.1) is 5.41 Å². The zero-order valence-electron chi connectivity index (χ0n) is 9.85. The molecule has 0 aromatic heterocycles. The lowest BCUT2D eigenvalue weighted by molar-refractivity contribution is -0.124. The van der Waals surface area contributed by atoms with Crippen LogP contribution in [0.3, 0.4) is 0 Å². The van der Waals surface area contributed by atoms with Gasteiger partial charge in [0.05, 0.1) is 0 Å². The molecule has 0 radical (unpaired) electrons. The summed E-state index contributed by atoms with van der Waals surface area (Å²) in [7, 11) is 0. The minimum Gasteiger partial charge on any atom is -0.300 e. The van der Waals surface area contributed by atoms with Crippen molar-refractivity contribution in [3.05, 3.63) is 0 Å². The fourth-order valence-electron chi connectivity index (χ4n) is 0.946. The summed E-state index contributed by atoms with van der Waals surface area (Å²) in [5, 5.41) is 0. The Balaban J connectivity index is 0.000000241. The van der Waals surface area contributed by atoms with Crippen LogP contribution >= 0.6 is 0 Å². The van der Waals surface area contributed by atoms with Crippen molar-refractivity contribution in [3.63, 3.8) is 0 Å². The highest BCUT2D eigenvalue weighted by molar-refractivity contribution is 5.80. The Kier molecular flexibility index (Phi) is 5.66. The molecule has 82 valence electrons. The van der Waals surface area contributed by atoms with E-state index in [9.17, 15) is 9.59 Å². The highest BCUT2D eigenvalue weighted by Gasteiger charge is 2.14. The Morgan fingerprint density at radius 1 is 1.07 bits per heavy atom. The van der Waals surface area contributed by atoms with Gasteiger partial charge < -0.3 is 0 Å². The van der Waals surface area contributed by atoms with Crippen LogP contribution < -0.4 is 0 Å². The molecule has 1 rings (SSSR count). The third-order valence-corrected chi connectivity index (χ3v) is 2.47. The Morgan fingerprint density at radius 3 is 1.57 bits per heavy atom. The first-order valence-electron chi connectivity index (χ1n) is 5.37. The highest BCUT2D eigenvalue weighted by Crippen LogP contribution is 2.13. The van der Waals surface area contributed by atoms with E-state index in [0.717, 1.165) is 25.7 Å². The predicted octanol–water partition coefficient (Wildman–Crippen LogP) is 3.14. The van der Waals surface area contributed by atoms with Crippen LogP contribution in [0.1, 0.15) is 59.8 Å². The number of hydrogen-bond acceptors (Lipinski definition) is 2. The van der Waals surface area contributed by atoms with Gasteiger partial charge in [-0.05, 0) is 19.8 Å². The molecule has 1 fully saturated rings. The lowest BCUT2D eigenvalue weighted by atomic mass is 9.92. The summed E-state index contributed by atoms with van der Waals surface area (Å²) in [5.74, 6) is 0.707. The molecule has 14 heavy (non-hydrogen) atoms. The van der Waals surface area contributed by atoms with Gasteiger partial charge in [-0.2, -0.15) is 0 Å². The van der Waals surface area contributed by atoms with Crippen LogP contribution in [0.2, 0.25) is 0 Å². The molecule has 0 saturated heterocycles. The van der Waals surface area contributed by atoms with Crippen molar-refractivity contribution in [2.75, 3.05) is 0 Å². The van der Waals surface area contributed by atoms with Crippen LogP contribution in [0.15, 0.2) is 0 Å². The summed E-state index contributed by atoms with van der Waals surface area (Å²) in [6, 6.07) is 0. The largest absolute Gasteiger partial charge is 0.300 e. The predicted molar refractivity (Wildman–Crippen MR) is 58.2 cm³/mol. The molecule has 0 unspecified atom stereocenters. The van der Waals surface area contributed by atoms with E-state index in [0.29, 0.717) is 5.78 Å². The molecule has 0 atom stereocenters. The number of carbonyl (C=O) groups excluding carboxylic acids is 2. The second kappa shape index (κ2) is 5.94. The smallest absolute Gasteiger partial charge is 0.135 e. The Hall–Kier alpha value is -0.660. The Bertz CT molecular complexity index is 191. The topological polar surface area (TPSA) is 34.1 Å². The molecule has 0 aromatic carbocycles. The van der Waals surface area contributed by atoms with Gasteiger partial charge >= 0.3 is 0 Å². The molecular formula is C12H22O2. The first-order chi connectivity index (χ1) is 6.34. The van der Waals surface area contributed by atoms with E-state index >= 15 is 0 Å². The fraction of sp³-hybridized carbons (Fsp3) is 0.833. The monoisotopic (exact) mass is 198 g/mol. The van der Waals surface area contributed by atoms with Gasteiger partial charge in [0.25, 0.3) is 0 Å². The first-order valence-corrected chi connectivity index (χ1v) is 5.37. The van der Waals surface area contributed by atoms with E-state index in [1.165, 1.54) is 6.42 Å². The van der Waals surface area contributed by atoms with Crippen LogP contribution in [-0.2, 0) is 9.59 Å². The minimum atomic E-state index is -0.139. The fourth-order valence-corrected chi connectivity index (χ4v) is 0.946. The Labute approximate surface area is 87.1 Å². The van der Waals surface area contributed by atoms with E-state index in [4.69, 9.17) is 0 Å². The molecule has 1 saturated carbocycles. The standard InChI is InChI=1S/C6H10O.C6H12O/c7-6-4-2-1-3-5-6;1-5(7)6(2,3)4/h1-5H2;1-4H3. The molecule has 0 N–H and O–H groups in total. The lowest BCUT2D eigenvalue weighted by Crippen LogP contribution is -2.15. The summed E-state index contributed by atoms with van der Waals surface area (Å²) >= 11 is 0. The lowest BCUT2D eigenvalue weighted by Gasteiger charge is -2.11. The average Bonchev–Trinajstić information content (AvgIpc) is 2.04. The molecule has 0 heterocycles. The second-order valence-corrected chi connectivity index (χ2v) is 4.91. The summed E-state index contributed by atoms with van der Waals surface area (Å²) in [4.78, 5) is 20.9. The second-order valence-electron chi connectivity index (χ2n) is 4.91. The summed E-state index contributed by atoms with van der Waals surface area (Å²) in [5.41, 5.74) is -0.139. The van der Waals surface area contributed by atoms with Crippen molar-refractivity contribution in [3.8, 4) is 0 Å². The van der Waals surface area contributed by atoms with Gasteiger partial charge in [0.1, 0.15) is 11.6 Å². The molecule has 2 heteroatoms. The molecule has 1 aliphatic carbocycles. The third kappa shape index (κ3) is 6.81. The zero-order chi connectivity index (χ0) is 11.2. The summed E-state index contributed by atoms with van der Waals surface area (Å²) in [6.45, 7) is 7.35. The first kappa shape index (κ1) is 13.3. The molecule has 0 aliphatic heterocycles. The van der Waals surface area contributed by atoms with Gasteiger partial charge in [0.2, 0.25) is 0 Å². The maximum absolute atomic E-state index is 10.5. The SMILES string of the molecule is CC(=O)C(C)(C)C.O=C1CCCCC1. The Morgan fingerprint density at radius 2 is 1.43 bits per heavy atom. The van der Waals surface area contributed by atoms with E-state index in [1.54, 1.807) is 6.92 Å². The maximum Gasteiger partial charge on any atom is 0.135 e. The molecule has 1 aliphatic rings. The van der Waals surface area contributed by atoms with E-state index in [2.05, 4.69) is 0 Å². The van der Waals surface area contributed by atoms with Gasteiger partial charge in [-0.15, -0.1) is 0 Å². The van der Waals surface area contributed by atoms with Crippen LogP contribution in [0.4, 0.5) is 0 Å². The van der Waals surface area contributed by atoms with Gasteiger partial charge in [-0.25, -0.2) is 0 Å². The number of Topliss-reactive ketones (excluding diaryl/α,β-unsaturated/α-hetero) is 2. The molecule has 0 bridgehead atoms. The normalized spacial score (nSPS) is 17.0. The van der Waals surface area contributed by atoms with Gasteiger partial charge in [-0.1, -0.05) is 27.2 Å². The maximum atomic E-state index is 10.5. The van der Waals surface area contributed by atoms with Crippen molar-refractivity contribution >= 4 is 11.6 Å². The molecule has 2 nitrogen and oxygen atoms in total. The number of ketones is 2. The third-order valence-electron chi connectivity index (χ3n) is 2.47.